The molecule has 0 saturated heterocycles. The van der Waals surface area contributed by atoms with E-state index in [9.17, 15) is 30.8 Å². The summed E-state index contributed by atoms with van der Waals surface area (Å²) in [5, 5.41) is 2.36. The smallest absolute Gasteiger partial charge is 0.416 e. The lowest BCUT2D eigenvalue weighted by atomic mass is 10.2. The van der Waals surface area contributed by atoms with Crippen LogP contribution in [0.25, 0.3) is 0 Å². The van der Waals surface area contributed by atoms with Crippen molar-refractivity contribution in [3.8, 4) is 5.75 Å². The van der Waals surface area contributed by atoms with Crippen molar-refractivity contribution in [3.05, 3.63) is 84.2 Å². The predicted octanol–water partition coefficient (Wildman–Crippen LogP) is 4.87. The summed E-state index contributed by atoms with van der Waals surface area (Å²) in [7, 11) is -2.48. The SMILES string of the molecule is COc1ccc(S(=O)(=O)NCCN(C(=O)Nc2cccc(C(F)(F)F)c2)c2ccc(F)cc2)cc1. The van der Waals surface area contributed by atoms with Crippen LogP contribution in [0, 0.1) is 5.82 Å². The molecule has 0 heterocycles. The van der Waals surface area contributed by atoms with E-state index in [1.165, 1.54) is 49.6 Å². The number of rotatable bonds is 8. The minimum atomic E-state index is -4.60. The summed E-state index contributed by atoms with van der Waals surface area (Å²) in [5.41, 5.74) is -0.855. The van der Waals surface area contributed by atoms with Crippen LogP contribution in [-0.4, -0.2) is 34.6 Å². The van der Waals surface area contributed by atoms with Crippen molar-refractivity contribution in [1.29, 1.82) is 0 Å². The number of carbonyl (C=O) groups excluding carboxylic acids is 1. The molecule has 0 aromatic heterocycles. The molecular formula is C23H21F4N3O4S. The van der Waals surface area contributed by atoms with Crippen molar-refractivity contribution >= 4 is 27.4 Å². The van der Waals surface area contributed by atoms with Gasteiger partial charge in [0.25, 0.3) is 0 Å². The second-order valence-corrected chi connectivity index (χ2v) is 8.98. The molecule has 0 saturated carbocycles. The van der Waals surface area contributed by atoms with E-state index >= 15 is 0 Å². The quantitative estimate of drug-likeness (QED) is 0.423. The van der Waals surface area contributed by atoms with Gasteiger partial charge in [0, 0.05) is 24.5 Å². The summed E-state index contributed by atoms with van der Waals surface area (Å²) < 4.78 is 84.8. The molecular weight excluding hydrogens is 490 g/mol. The Kier molecular flexibility index (Phi) is 7.97. The standard InChI is InChI=1S/C23H21F4N3O4S/c1-34-20-9-11-21(12-10-20)35(32,33)28-13-14-30(19-7-5-17(24)6-8-19)22(31)29-18-4-2-3-16(15-18)23(25,26)27/h2-12,15,28H,13-14H2,1H3,(H,29,31). The van der Waals surface area contributed by atoms with Crippen molar-refractivity contribution in [2.45, 2.75) is 11.1 Å². The summed E-state index contributed by atoms with van der Waals surface area (Å²) in [6.07, 6.45) is -4.60. The third kappa shape index (κ3) is 6.93. The fraction of sp³-hybridized carbons (Fsp3) is 0.174. The van der Waals surface area contributed by atoms with E-state index in [2.05, 4.69) is 10.0 Å². The first-order chi connectivity index (χ1) is 16.5. The highest BCUT2D eigenvalue weighted by Gasteiger charge is 2.30. The molecule has 0 atom stereocenters. The second kappa shape index (κ2) is 10.7. The fourth-order valence-electron chi connectivity index (χ4n) is 3.06. The van der Waals surface area contributed by atoms with Gasteiger partial charge in [0.15, 0.2) is 0 Å². The second-order valence-electron chi connectivity index (χ2n) is 7.21. The average Bonchev–Trinajstić information content (AvgIpc) is 2.82. The van der Waals surface area contributed by atoms with Crippen LogP contribution in [0.15, 0.2) is 77.7 Å². The lowest BCUT2D eigenvalue weighted by Gasteiger charge is -2.24. The number of sulfonamides is 1. The van der Waals surface area contributed by atoms with Crippen molar-refractivity contribution in [1.82, 2.24) is 4.72 Å². The molecule has 3 aromatic rings. The molecule has 0 aliphatic rings. The molecule has 0 spiro atoms. The topological polar surface area (TPSA) is 87.7 Å². The van der Waals surface area contributed by atoms with E-state index in [0.29, 0.717) is 5.75 Å². The van der Waals surface area contributed by atoms with E-state index < -0.39 is 33.6 Å². The third-order valence-electron chi connectivity index (χ3n) is 4.82. The van der Waals surface area contributed by atoms with Gasteiger partial charge in [-0.15, -0.1) is 0 Å². The molecule has 0 radical (unpaired) electrons. The summed E-state index contributed by atoms with van der Waals surface area (Å²) in [6.45, 7) is -0.437. The van der Waals surface area contributed by atoms with Crippen molar-refractivity contribution < 1.29 is 35.5 Å². The summed E-state index contributed by atoms with van der Waals surface area (Å²) >= 11 is 0. The molecule has 0 aliphatic carbocycles. The first-order valence-electron chi connectivity index (χ1n) is 10.1. The van der Waals surface area contributed by atoms with Crippen LogP contribution in [-0.2, 0) is 16.2 Å². The summed E-state index contributed by atoms with van der Waals surface area (Å²) in [4.78, 5) is 14.0. The van der Waals surface area contributed by atoms with Gasteiger partial charge >= 0.3 is 12.2 Å². The van der Waals surface area contributed by atoms with Gasteiger partial charge in [0.1, 0.15) is 11.6 Å². The Hall–Kier alpha value is -3.64. The maximum absolute atomic E-state index is 13.4. The van der Waals surface area contributed by atoms with Gasteiger partial charge in [0.2, 0.25) is 10.0 Å². The van der Waals surface area contributed by atoms with Crippen LogP contribution < -0.4 is 19.7 Å². The van der Waals surface area contributed by atoms with Crippen molar-refractivity contribution in [2.75, 3.05) is 30.4 Å². The van der Waals surface area contributed by atoms with Crippen LogP contribution in [0.5, 0.6) is 5.75 Å². The Morgan fingerprint density at radius 1 is 1.00 bits per heavy atom. The molecule has 0 fully saturated rings. The first kappa shape index (κ1) is 26.0. The minimum Gasteiger partial charge on any atom is -0.497 e. The van der Waals surface area contributed by atoms with Gasteiger partial charge in [-0.25, -0.2) is 22.3 Å². The first-order valence-corrected chi connectivity index (χ1v) is 11.6. The maximum atomic E-state index is 13.4. The lowest BCUT2D eigenvalue weighted by molar-refractivity contribution is -0.137. The zero-order valence-electron chi connectivity index (χ0n) is 18.3. The zero-order chi connectivity index (χ0) is 25.6. The number of carbonyl (C=O) groups is 1. The van der Waals surface area contributed by atoms with E-state index in [4.69, 9.17) is 4.74 Å². The van der Waals surface area contributed by atoms with Gasteiger partial charge < -0.3 is 10.1 Å². The van der Waals surface area contributed by atoms with Crippen molar-refractivity contribution in [3.63, 3.8) is 0 Å². The van der Waals surface area contributed by atoms with Gasteiger partial charge in [-0.3, -0.25) is 4.90 Å². The number of methoxy groups -OCH3 is 1. The Morgan fingerprint density at radius 2 is 1.66 bits per heavy atom. The Labute approximate surface area is 199 Å². The minimum absolute atomic E-state index is 0.0277. The zero-order valence-corrected chi connectivity index (χ0v) is 19.2. The normalized spacial score (nSPS) is 11.7. The van der Waals surface area contributed by atoms with Gasteiger partial charge in [-0.2, -0.15) is 13.2 Å². The number of benzene rings is 3. The van der Waals surface area contributed by atoms with Gasteiger partial charge in [0.05, 0.1) is 17.6 Å². The summed E-state index contributed by atoms with van der Waals surface area (Å²) in [6, 6.07) is 13.6. The average molecular weight is 511 g/mol. The Morgan fingerprint density at radius 3 is 2.26 bits per heavy atom. The molecule has 7 nitrogen and oxygen atoms in total. The number of urea groups is 1. The number of hydrogen-bond donors (Lipinski definition) is 2. The van der Waals surface area contributed by atoms with Crippen molar-refractivity contribution in [2.24, 2.45) is 0 Å². The number of anilines is 2. The largest absolute Gasteiger partial charge is 0.497 e. The molecule has 3 aromatic carbocycles. The highest BCUT2D eigenvalue weighted by atomic mass is 32.2. The Bertz CT molecular complexity index is 1270. The highest BCUT2D eigenvalue weighted by Crippen LogP contribution is 2.31. The number of hydrogen-bond acceptors (Lipinski definition) is 4. The van der Waals surface area contributed by atoms with Crippen LogP contribution in [0.2, 0.25) is 0 Å². The number of ether oxygens (including phenoxy) is 1. The Balaban J connectivity index is 1.76. The molecule has 186 valence electrons. The van der Waals surface area contributed by atoms with Crippen LogP contribution >= 0.6 is 0 Å². The molecule has 35 heavy (non-hydrogen) atoms. The molecule has 2 N–H and O–H groups in total. The number of halogens is 4. The number of nitrogens with zero attached hydrogens (tertiary/aromatic N) is 1. The monoisotopic (exact) mass is 511 g/mol. The van der Waals surface area contributed by atoms with E-state index in [0.717, 1.165) is 35.2 Å². The molecule has 12 heteroatoms. The highest BCUT2D eigenvalue weighted by molar-refractivity contribution is 7.89. The maximum Gasteiger partial charge on any atom is 0.416 e. The lowest BCUT2D eigenvalue weighted by Crippen LogP contribution is -2.41. The van der Waals surface area contributed by atoms with Crippen LogP contribution in [0.4, 0.5) is 33.7 Å². The van der Waals surface area contributed by atoms with E-state index in [1.54, 1.807) is 0 Å². The van der Waals surface area contributed by atoms with E-state index in [-0.39, 0.29) is 29.4 Å². The number of amides is 2. The number of nitrogens with one attached hydrogen (secondary N) is 2. The molecule has 2 amide bonds. The molecule has 0 bridgehead atoms. The van der Waals surface area contributed by atoms with E-state index in [1.807, 2.05) is 0 Å². The predicted molar refractivity (Wildman–Crippen MR) is 122 cm³/mol. The molecule has 0 aliphatic heterocycles. The summed E-state index contributed by atoms with van der Waals surface area (Å²) in [5.74, 6) is -0.0927. The third-order valence-corrected chi connectivity index (χ3v) is 6.30. The van der Waals surface area contributed by atoms with Crippen LogP contribution in [0.1, 0.15) is 5.56 Å². The number of alkyl halides is 3. The van der Waals surface area contributed by atoms with Gasteiger partial charge in [-0.05, 0) is 66.7 Å². The van der Waals surface area contributed by atoms with Gasteiger partial charge in [-0.1, -0.05) is 6.07 Å². The fourth-order valence-corrected chi connectivity index (χ4v) is 4.08. The molecule has 3 rings (SSSR count). The van der Waals surface area contributed by atoms with Crippen LogP contribution in [0.3, 0.4) is 0 Å². The molecule has 0 unspecified atom stereocenters.